The van der Waals surface area contributed by atoms with Gasteiger partial charge in [0.25, 0.3) is 0 Å². The van der Waals surface area contributed by atoms with Gasteiger partial charge in [0.05, 0.1) is 19.3 Å². The molecule has 0 aliphatic carbocycles. The molecule has 184 valence electrons. The van der Waals surface area contributed by atoms with E-state index >= 15 is 0 Å². The van der Waals surface area contributed by atoms with Crippen LogP contribution in [0.2, 0.25) is 0 Å². The van der Waals surface area contributed by atoms with E-state index in [1.165, 1.54) is 6.07 Å². The molecule has 1 amide bonds. The lowest BCUT2D eigenvalue weighted by molar-refractivity contribution is -0.121. The number of nitrogens with one attached hydrogen (secondary N) is 2. The van der Waals surface area contributed by atoms with Gasteiger partial charge in [-0.25, -0.2) is 4.79 Å². The number of methoxy groups -OCH3 is 1. The van der Waals surface area contributed by atoms with E-state index in [9.17, 15) is 14.7 Å². The molecule has 1 aliphatic rings. The van der Waals surface area contributed by atoms with Crippen molar-refractivity contribution in [1.82, 2.24) is 10.6 Å². The van der Waals surface area contributed by atoms with Crippen LogP contribution in [0.5, 0.6) is 11.5 Å². The first-order valence-corrected chi connectivity index (χ1v) is 12.1. The van der Waals surface area contributed by atoms with Gasteiger partial charge >= 0.3 is 5.97 Å². The largest absolute Gasteiger partial charge is 0.496 e. The molecule has 0 bridgehead atoms. The summed E-state index contributed by atoms with van der Waals surface area (Å²) in [5.41, 5.74) is 1.25. The first kappa shape index (κ1) is 25.0. The lowest BCUT2D eigenvalue weighted by Gasteiger charge is -2.27. The molecule has 0 aromatic heterocycles. The number of anilines is 1. The Kier molecular flexibility index (Phi) is 7.59. The molecule has 8 nitrogen and oxygen atoms in total. The van der Waals surface area contributed by atoms with Crippen LogP contribution in [0.15, 0.2) is 53.0 Å². The van der Waals surface area contributed by atoms with Gasteiger partial charge in [0, 0.05) is 22.6 Å². The number of hydrogen-bond donors (Lipinski definition) is 3. The Balaban J connectivity index is 1.83. The van der Waals surface area contributed by atoms with Crippen LogP contribution in [0.4, 0.5) is 5.69 Å². The van der Waals surface area contributed by atoms with Crippen molar-refractivity contribution in [1.29, 1.82) is 0 Å². The molecule has 0 saturated heterocycles. The second-order valence-electron chi connectivity index (χ2n) is 8.46. The number of fused-ring (bicyclic) bond motifs is 2. The summed E-state index contributed by atoms with van der Waals surface area (Å²) < 4.78 is 12.6. The van der Waals surface area contributed by atoms with E-state index < -0.39 is 12.0 Å². The molecule has 3 aromatic carbocycles. The zero-order valence-corrected chi connectivity index (χ0v) is 21.4. The van der Waals surface area contributed by atoms with Crippen molar-refractivity contribution in [2.24, 2.45) is 0 Å². The summed E-state index contributed by atoms with van der Waals surface area (Å²) in [6.07, 6.45) is 0. The predicted molar refractivity (Wildman–Crippen MR) is 139 cm³/mol. The Bertz CT molecular complexity index is 1270. The Hall–Kier alpha value is -3.14. The van der Waals surface area contributed by atoms with E-state index in [2.05, 4.69) is 26.6 Å². The summed E-state index contributed by atoms with van der Waals surface area (Å²) in [6.45, 7) is 2.74. The van der Waals surface area contributed by atoms with Crippen molar-refractivity contribution in [2.45, 2.75) is 25.6 Å². The number of carbonyl (C=O) groups is 2. The second-order valence-corrected chi connectivity index (χ2v) is 9.37. The fourth-order valence-corrected chi connectivity index (χ4v) is 4.57. The SMILES string of the molecule is CN[C@@H](C)CN[C@H]1COc2c(C(=O)O)cccc2N(Cc2c(OC)ccc3cc(Br)ccc23)C1=O. The van der Waals surface area contributed by atoms with E-state index in [4.69, 9.17) is 9.47 Å². The van der Waals surface area contributed by atoms with Crippen LogP contribution in [0.25, 0.3) is 10.8 Å². The minimum absolute atomic E-state index is 0.0124. The number of hydrogen-bond acceptors (Lipinski definition) is 6. The zero-order valence-electron chi connectivity index (χ0n) is 19.8. The van der Waals surface area contributed by atoms with Crippen LogP contribution >= 0.6 is 15.9 Å². The third kappa shape index (κ3) is 5.12. The average Bonchev–Trinajstić information content (AvgIpc) is 2.98. The third-order valence-electron chi connectivity index (χ3n) is 6.22. The maximum atomic E-state index is 13.9. The summed E-state index contributed by atoms with van der Waals surface area (Å²) >= 11 is 3.52. The van der Waals surface area contributed by atoms with Crippen molar-refractivity contribution >= 4 is 44.3 Å². The standard InChI is InChI=1S/C26H28BrN3O5/c1-15(28-2)12-29-21-14-35-24-19(26(32)33)5-4-6-22(24)30(25(21)31)13-20-18-9-8-17(27)11-16(18)7-10-23(20)34-3/h4-11,15,21,28-29H,12-14H2,1-3H3,(H,32,33)/t15-,21-/m0/s1. The molecule has 0 unspecified atom stereocenters. The van der Waals surface area contributed by atoms with Crippen LogP contribution in [-0.2, 0) is 11.3 Å². The van der Waals surface area contributed by atoms with E-state index in [-0.39, 0.29) is 36.4 Å². The van der Waals surface area contributed by atoms with Gasteiger partial charge in [-0.2, -0.15) is 0 Å². The number of carboxylic acids is 1. The average molecular weight is 542 g/mol. The van der Waals surface area contributed by atoms with Crippen LogP contribution in [-0.4, -0.2) is 56.4 Å². The van der Waals surface area contributed by atoms with E-state index in [1.54, 1.807) is 24.1 Å². The molecule has 0 spiro atoms. The number of nitrogens with zero attached hydrogens (tertiary/aromatic N) is 1. The van der Waals surface area contributed by atoms with Crippen LogP contribution in [0.1, 0.15) is 22.8 Å². The fraction of sp³-hybridized carbons (Fsp3) is 0.308. The number of carboxylic acid groups (broad SMARTS) is 1. The first-order valence-electron chi connectivity index (χ1n) is 11.3. The molecular weight excluding hydrogens is 514 g/mol. The summed E-state index contributed by atoms with van der Waals surface area (Å²) in [4.78, 5) is 27.4. The van der Waals surface area contributed by atoms with Crippen molar-refractivity contribution < 1.29 is 24.2 Å². The fourth-order valence-electron chi connectivity index (χ4n) is 4.19. The summed E-state index contributed by atoms with van der Waals surface area (Å²) in [5.74, 6) is -0.494. The van der Waals surface area contributed by atoms with Crippen molar-refractivity contribution in [3.05, 3.63) is 64.1 Å². The lowest BCUT2D eigenvalue weighted by Crippen LogP contribution is -2.51. The lowest BCUT2D eigenvalue weighted by atomic mass is 10.0. The van der Waals surface area contributed by atoms with E-state index in [1.807, 2.05) is 44.3 Å². The van der Waals surface area contributed by atoms with Gasteiger partial charge in [0.1, 0.15) is 24.0 Å². The van der Waals surface area contributed by atoms with Gasteiger partial charge in [-0.05, 0) is 55.1 Å². The number of carbonyl (C=O) groups excluding carboxylic acids is 1. The molecular formula is C26H28BrN3O5. The van der Waals surface area contributed by atoms with Gasteiger partial charge in [0.2, 0.25) is 5.91 Å². The predicted octanol–water partition coefficient (Wildman–Crippen LogP) is 3.80. The number of amides is 1. The van der Waals surface area contributed by atoms with E-state index in [0.717, 1.165) is 20.8 Å². The number of rotatable bonds is 8. The molecule has 3 aromatic rings. The van der Waals surface area contributed by atoms with Crippen molar-refractivity contribution in [3.8, 4) is 11.5 Å². The maximum Gasteiger partial charge on any atom is 0.339 e. The Labute approximate surface area is 212 Å². The quantitative estimate of drug-likeness (QED) is 0.398. The van der Waals surface area contributed by atoms with Gasteiger partial charge in [-0.3, -0.25) is 4.79 Å². The minimum Gasteiger partial charge on any atom is -0.496 e. The highest BCUT2D eigenvalue weighted by Gasteiger charge is 2.34. The van der Waals surface area contributed by atoms with Gasteiger partial charge in [0.15, 0.2) is 5.75 Å². The molecule has 0 saturated carbocycles. The third-order valence-corrected chi connectivity index (χ3v) is 6.72. The van der Waals surface area contributed by atoms with Gasteiger partial charge in [-0.1, -0.05) is 34.1 Å². The molecule has 1 aliphatic heterocycles. The number of likely N-dealkylation sites (N-methyl/N-ethyl adjacent to an activating group) is 1. The van der Waals surface area contributed by atoms with Crippen LogP contribution in [0.3, 0.4) is 0 Å². The van der Waals surface area contributed by atoms with Crippen molar-refractivity contribution in [2.75, 3.05) is 32.2 Å². The number of ether oxygens (including phenoxy) is 2. The summed E-state index contributed by atoms with van der Waals surface area (Å²) in [6, 6.07) is 14.1. The highest BCUT2D eigenvalue weighted by molar-refractivity contribution is 9.10. The van der Waals surface area contributed by atoms with Crippen molar-refractivity contribution in [3.63, 3.8) is 0 Å². The normalized spacial score (nSPS) is 16.4. The monoisotopic (exact) mass is 541 g/mol. The molecule has 0 radical (unpaired) electrons. The van der Waals surface area contributed by atoms with Crippen LogP contribution < -0.4 is 25.0 Å². The van der Waals surface area contributed by atoms with Gasteiger partial charge in [-0.15, -0.1) is 0 Å². The molecule has 9 heteroatoms. The zero-order chi connectivity index (χ0) is 25.1. The molecule has 4 rings (SSSR count). The topological polar surface area (TPSA) is 100 Å². The molecule has 1 heterocycles. The maximum absolute atomic E-state index is 13.9. The summed E-state index contributed by atoms with van der Waals surface area (Å²) in [5, 5.41) is 18.1. The van der Waals surface area contributed by atoms with Crippen LogP contribution in [0, 0.1) is 0 Å². The molecule has 35 heavy (non-hydrogen) atoms. The Morgan fingerprint density at radius 3 is 2.80 bits per heavy atom. The number of aromatic carboxylic acids is 1. The number of halogens is 1. The molecule has 0 fully saturated rings. The molecule has 3 N–H and O–H groups in total. The Morgan fingerprint density at radius 1 is 1.29 bits per heavy atom. The number of benzene rings is 3. The Morgan fingerprint density at radius 2 is 2.09 bits per heavy atom. The molecule has 2 atom stereocenters. The summed E-state index contributed by atoms with van der Waals surface area (Å²) in [7, 11) is 3.45. The minimum atomic E-state index is -1.11. The number of para-hydroxylation sites is 1. The van der Waals surface area contributed by atoms with Gasteiger partial charge < -0.3 is 30.1 Å². The highest BCUT2D eigenvalue weighted by Crippen LogP contribution is 2.38. The second kappa shape index (κ2) is 10.6. The first-order chi connectivity index (χ1) is 16.8. The highest BCUT2D eigenvalue weighted by atomic mass is 79.9. The van der Waals surface area contributed by atoms with E-state index in [0.29, 0.717) is 18.0 Å². The smallest absolute Gasteiger partial charge is 0.339 e.